The third-order valence-corrected chi connectivity index (χ3v) is 2.28. The summed E-state index contributed by atoms with van der Waals surface area (Å²) in [4.78, 5) is 21.0. The molecule has 3 N–H and O–H groups in total. The molecule has 0 saturated carbocycles. The predicted octanol–water partition coefficient (Wildman–Crippen LogP) is -0.0605. The first-order chi connectivity index (χ1) is 7.54. The van der Waals surface area contributed by atoms with Gasteiger partial charge in [-0.3, -0.25) is 4.79 Å². The van der Waals surface area contributed by atoms with Crippen molar-refractivity contribution in [2.75, 3.05) is 31.3 Å². The second-order valence-corrected chi connectivity index (χ2v) is 3.58. The maximum absolute atomic E-state index is 11.1. The van der Waals surface area contributed by atoms with E-state index in [1.807, 2.05) is 18.9 Å². The van der Waals surface area contributed by atoms with E-state index in [1.54, 1.807) is 13.2 Å². The summed E-state index contributed by atoms with van der Waals surface area (Å²) in [5.41, 5.74) is 6.46. The normalized spacial score (nSPS) is 9.94. The summed E-state index contributed by atoms with van der Waals surface area (Å²) in [6, 6.07) is 0. The van der Waals surface area contributed by atoms with E-state index in [0.717, 1.165) is 11.4 Å². The number of nitrogens with one attached hydrogen (secondary N) is 1. The van der Waals surface area contributed by atoms with E-state index in [9.17, 15) is 4.79 Å². The smallest absolute Gasteiger partial charge is 0.221 e. The number of amides is 1. The molecule has 0 atom stereocenters. The molecule has 1 aromatic heterocycles. The number of nitrogens with two attached hydrogens (primary N) is 1. The highest BCUT2D eigenvalue weighted by Crippen LogP contribution is 2.15. The lowest BCUT2D eigenvalue weighted by molar-refractivity contribution is -0.120. The average molecular weight is 223 g/mol. The largest absolute Gasteiger partial charge is 0.368 e. The molecule has 1 aromatic rings. The van der Waals surface area contributed by atoms with Gasteiger partial charge in [0, 0.05) is 38.8 Å². The number of hydrogen-bond donors (Lipinski definition) is 2. The van der Waals surface area contributed by atoms with Crippen molar-refractivity contribution in [3.05, 3.63) is 11.8 Å². The van der Waals surface area contributed by atoms with Gasteiger partial charge in [0.1, 0.15) is 5.82 Å². The summed E-state index contributed by atoms with van der Waals surface area (Å²) in [7, 11) is 3.49. The lowest BCUT2D eigenvalue weighted by atomic mass is 10.3. The van der Waals surface area contributed by atoms with Crippen LogP contribution in [-0.4, -0.2) is 36.5 Å². The maximum Gasteiger partial charge on any atom is 0.221 e. The van der Waals surface area contributed by atoms with Gasteiger partial charge >= 0.3 is 0 Å². The molecule has 6 heteroatoms. The fourth-order valence-corrected chi connectivity index (χ4v) is 1.33. The molecule has 0 aliphatic rings. The number of carbonyl (C=O) groups excluding carboxylic acids is 1. The van der Waals surface area contributed by atoms with E-state index in [0.29, 0.717) is 13.0 Å². The Hall–Kier alpha value is -1.85. The lowest BCUT2D eigenvalue weighted by Crippen LogP contribution is -2.27. The van der Waals surface area contributed by atoms with Gasteiger partial charge in [-0.25, -0.2) is 4.98 Å². The van der Waals surface area contributed by atoms with Crippen LogP contribution in [0.2, 0.25) is 0 Å². The average Bonchev–Trinajstić information content (AvgIpc) is 2.28. The van der Waals surface area contributed by atoms with Crippen molar-refractivity contribution in [3.8, 4) is 0 Å². The number of hydrogen-bond acceptors (Lipinski definition) is 5. The fraction of sp³-hybridized carbons (Fsp3) is 0.500. The van der Waals surface area contributed by atoms with Crippen LogP contribution in [-0.2, 0) is 4.79 Å². The SMILES string of the molecule is CNC(=O)CCN(C)c1nc(N)ncc1C. The molecule has 0 aliphatic carbocycles. The minimum atomic E-state index is 0.00605. The molecule has 1 amide bonds. The van der Waals surface area contributed by atoms with Gasteiger partial charge in [0.2, 0.25) is 11.9 Å². The van der Waals surface area contributed by atoms with E-state index >= 15 is 0 Å². The van der Waals surface area contributed by atoms with E-state index in [-0.39, 0.29) is 11.9 Å². The third kappa shape index (κ3) is 3.08. The molecule has 0 aromatic carbocycles. The third-order valence-electron chi connectivity index (χ3n) is 2.28. The van der Waals surface area contributed by atoms with Crippen molar-refractivity contribution < 1.29 is 4.79 Å². The highest BCUT2D eigenvalue weighted by Gasteiger charge is 2.09. The van der Waals surface area contributed by atoms with Crippen molar-refractivity contribution >= 4 is 17.7 Å². The van der Waals surface area contributed by atoms with Gasteiger partial charge in [0.15, 0.2) is 0 Å². The fourth-order valence-electron chi connectivity index (χ4n) is 1.33. The van der Waals surface area contributed by atoms with Crippen LogP contribution in [0.3, 0.4) is 0 Å². The van der Waals surface area contributed by atoms with E-state index in [2.05, 4.69) is 15.3 Å². The molecule has 0 bridgehead atoms. The molecule has 16 heavy (non-hydrogen) atoms. The molecule has 1 rings (SSSR count). The minimum absolute atomic E-state index is 0.00605. The van der Waals surface area contributed by atoms with Crippen LogP contribution in [0.5, 0.6) is 0 Å². The predicted molar refractivity (Wildman–Crippen MR) is 63.1 cm³/mol. The number of aryl methyl sites for hydroxylation is 1. The van der Waals surface area contributed by atoms with Gasteiger partial charge in [-0.15, -0.1) is 0 Å². The van der Waals surface area contributed by atoms with E-state index in [1.165, 1.54) is 0 Å². The Morgan fingerprint density at radius 3 is 2.94 bits per heavy atom. The highest BCUT2D eigenvalue weighted by atomic mass is 16.1. The summed E-state index contributed by atoms with van der Waals surface area (Å²) in [6.45, 7) is 2.50. The summed E-state index contributed by atoms with van der Waals surface area (Å²) in [6.07, 6.45) is 2.10. The van der Waals surface area contributed by atoms with Gasteiger partial charge in [-0.1, -0.05) is 0 Å². The zero-order valence-electron chi connectivity index (χ0n) is 9.82. The van der Waals surface area contributed by atoms with Crippen molar-refractivity contribution in [1.29, 1.82) is 0 Å². The Labute approximate surface area is 94.9 Å². The Balaban J connectivity index is 2.68. The molecule has 0 spiro atoms. The number of carbonyl (C=O) groups is 1. The second kappa shape index (κ2) is 5.29. The summed E-state index contributed by atoms with van der Waals surface area (Å²) >= 11 is 0. The Bertz CT molecular complexity index is 379. The summed E-state index contributed by atoms with van der Waals surface area (Å²) in [5.74, 6) is 1.01. The molecule has 0 saturated heterocycles. The van der Waals surface area contributed by atoms with E-state index in [4.69, 9.17) is 5.73 Å². The molecule has 0 unspecified atom stereocenters. The molecular formula is C10H17N5O. The van der Waals surface area contributed by atoms with Crippen LogP contribution in [0.25, 0.3) is 0 Å². The monoisotopic (exact) mass is 223 g/mol. The van der Waals surface area contributed by atoms with Crippen LogP contribution < -0.4 is 16.0 Å². The first-order valence-corrected chi connectivity index (χ1v) is 5.05. The van der Waals surface area contributed by atoms with Gasteiger partial charge < -0.3 is 16.0 Å². The highest BCUT2D eigenvalue weighted by molar-refractivity contribution is 5.76. The summed E-state index contributed by atoms with van der Waals surface area (Å²) < 4.78 is 0. The van der Waals surface area contributed by atoms with Gasteiger partial charge in [0.05, 0.1) is 0 Å². The standard InChI is InChI=1S/C10H17N5O/c1-7-6-13-10(11)14-9(7)15(3)5-4-8(16)12-2/h6H,4-5H2,1-3H3,(H,12,16)(H2,11,13,14). The lowest BCUT2D eigenvalue weighted by Gasteiger charge is -2.19. The number of nitrogens with zero attached hydrogens (tertiary/aromatic N) is 3. The molecule has 88 valence electrons. The second-order valence-electron chi connectivity index (χ2n) is 3.58. The first-order valence-electron chi connectivity index (χ1n) is 5.05. The van der Waals surface area contributed by atoms with Crippen molar-refractivity contribution in [2.24, 2.45) is 0 Å². The number of rotatable bonds is 4. The first kappa shape index (κ1) is 12.2. The van der Waals surface area contributed by atoms with Crippen LogP contribution >= 0.6 is 0 Å². The van der Waals surface area contributed by atoms with Crippen LogP contribution in [0, 0.1) is 6.92 Å². The number of aromatic nitrogens is 2. The molecule has 1 heterocycles. The van der Waals surface area contributed by atoms with Gasteiger partial charge in [-0.05, 0) is 6.92 Å². The molecule has 0 aliphatic heterocycles. The van der Waals surface area contributed by atoms with Gasteiger partial charge in [0.25, 0.3) is 0 Å². The Morgan fingerprint density at radius 1 is 1.62 bits per heavy atom. The molecule has 0 fully saturated rings. The quantitative estimate of drug-likeness (QED) is 0.747. The number of anilines is 2. The van der Waals surface area contributed by atoms with Crippen LogP contribution in [0.4, 0.5) is 11.8 Å². The Kier molecular flexibility index (Phi) is 4.04. The van der Waals surface area contributed by atoms with E-state index < -0.39 is 0 Å². The zero-order valence-corrected chi connectivity index (χ0v) is 9.82. The molecular weight excluding hydrogens is 206 g/mol. The topological polar surface area (TPSA) is 84.1 Å². The van der Waals surface area contributed by atoms with Crippen molar-refractivity contribution in [3.63, 3.8) is 0 Å². The molecule has 6 nitrogen and oxygen atoms in total. The van der Waals surface area contributed by atoms with Crippen LogP contribution in [0.15, 0.2) is 6.20 Å². The minimum Gasteiger partial charge on any atom is -0.368 e. The maximum atomic E-state index is 11.1. The molecule has 0 radical (unpaired) electrons. The van der Waals surface area contributed by atoms with Crippen molar-refractivity contribution in [2.45, 2.75) is 13.3 Å². The van der Waals surface area contributed by atoms with Crippen LogP contribution in [0.1, 0.15) is 12.0 Å². The zero-order chi connectivity index (χ0) is 12.1. The van der Waals surface area contributed by atoms with Crippen molar-refractivity contribution in [1.82, 2.24) is 15.3 Å². The van der Waals surface area contributed by atoms with Gasteiger partial charge in [-0.2, -0.15) is 4.98 Å². The number of nitrogen functional groups attached to an aromatic ring is 1. The summed E-state index contributed by atoms with van der Waals surface area (Å²) in [5, 5.41) is 2.57. The Morgan fingerprint density at radius 2 is 2.31 bits per heavy atom.